The molecule has 0 spiro atoms. The molecule has 0 saturated carbocycles. The van der Waals surface area contributed by atoms with E-state index in [4.69, 9.17) is 11.6 Å². The van der Waals surface area contributed by atoms with Gasteiger partial charge in [-0.05, 0) is 44.0 Å². The fourth-order valence-corrected chi connectivity index (χ4v) is 5.49. The highest BCUT2D eigenvalue weighted by molar-refractivity contribution is 7.90. The summed E-state index contributed by atoms with van der Waals surface area (Å²) < 4.78 is 26.2. The standard InChI is InChI=1S/C23H26ClN3O5S/c1-3-25-22(29)16(2)26(15-17-9-4-6-11-19(17)24)21(28)13-8-14-27-23(30)18-10-5-7-12-20(18)33(27,31)32/h4-7,9-12,16H,3,8,13-15H2,1-2H3,(H,25,29)/t16-/m1/s1. The van der Waals surface area contributed by atoms with E-state index in [9.17, 15) is 22.8 Å². The zero-order chi connectivity index (χ0) is 24.2. The third-order valence-electron chi connectivity index (χ3n) is 5.48. The summed E-state index contributed by atoms with van der Waals surface area (Å²) in [5, 5.41) is 3.19. The third-order valence-corrected chi connectivity index (χ3v) is 7.69. The van der Waals surface area contributed by atoms with Crippen LogP contribution in [-0.2, 0) is 26.2 Å². The molecule has 3 rings (SSSR count). The Kier molecular flexibility index (Phi) is 7.76. The number of hydrogen-bond donors (Lipinski definition) is 1. The number of fused-ring (bicyclic) bond motifs is 1. The quantitative estimate of drug-likeness (QED) is 0.581. The fraction of sp³-hybridized carbons (Fsp3) is 0.348. The predicted molar refractivity (Wildman–Crippen MR) is 124 cm³/mol. The Morgan fingerprint density at radius 1 is 1.12 bits per heavy atom. The van der Waals surface area contributed by atoms with Gasteiger partial charge >= 0.3 is 0 Å². The topological polar surface area (TPSA) is 104 Å². The van der Waals surface area contributed by atoms with E-state index in [2.05, 4.69) is 5.32 Å². The molecule has 0 saturated heterocycles. The van der Waals surface area contributed by atoms with Gasteiger partial charge in [-0.1, -0.05) is 41.9 Å². The second-order valence-corrected chi connectivity index (χ2v) is 9.90. The minimum Gasteiger partial charge on any atom is -0.355 e. The molecular weight excluding hydrogens is 466 g/mol. The number of halogens is 1. The zero-order valence-corrected chi connectivity index (χ0v) is 20.0. The van der Waals surface area contributed by atoms with Crippen LogP contribution in [0.2, 0.25) is 5.02 Å². The summed E-state index contributed by atoms with van der Waals surface area (Å²) in [5.74, 6) is -1.23. The van der Waals surface area contributed by atoms with Crippen LogP contribution in [0.3, 0.4) is 0 Å². The van der Waals surface area contributed by atoms with Gasteiger partial charge in [-0.2, -0.15) is 0 Å². The summed E-state index contributed by atoms with van der Waals surface area (Å²) in [7, 11) is -3.93. The van der Waals surface area contributed by atoms with Crippen LogP contribution in [0.5, 0.6) is 0 Å². The van der Waals surface area contributed by atoms with Crippen LogP contribution in [0, 0.1) is 0 Å². The monoisotopic (exact) mass is 491 g/mol. The minimum atomic E-state index is -3.93. The summed E-state index contributed by atoms with van der Waals surface area (Å²) in [6.07, 6.45) is 0.0861. The number of hydrogen-bond acceptors (Lipinski definition) is 5. The van der Waals surface area contributed by atoms with Crippen LogP contribution in [0.15, 0.2) is 53.4 Å². The summed E-state index contributed by atoms with van der Waals surface area (Å²) >= 11 is 6.25. The van der Waals surface area contributed by atoms with Crippen LogP contribution in [0.4, 0.5) is 0 Å². The molecule has 2 aromatic carbocycles. The van der Waals surface area contributed by atoms with Crippen molar-refractivity contribution < 1.29 is 22.8 Å². The predicted octanol–water partition coefficient (Wildman–Crippen LogP) is 2.82. The summed E-state index contributed by atoms with van der Waals surface area (Å²) in [6, 6.07) is 12.3. The first-order valence-corrected chi connectivity index (χ1v) is 12.5. The van der Waals surface area contributed by atoms with Gasteiger partial charge < -0.3 is 10.2 Å². The summed E-state index contributed by atoms with van der Waals surface area (Å²) in [4.78, 5) is 39.5. The average Bonchev–Trinajstić information content (AvgIpc) is 2.99. The molecule has 33 heavy (non-hydrogen) atoms. The maximum absolute atomic E-state index is 13.1. The number of benzene rings is 2. The van der Waals surface area contributed by atoms with Crippen LogP contribution >= 0.6 is 11.6 Å². The van der Waals surface area contributed by atoms with Crippen molar-refractivity contribution in [2.24, 2.45) is 0 Å². The Hall–Kier alpha value is -2.91. The van der Waals surface area contributed by atoms with Crippen molar-refractivity contribution in [1.82, 2.24) is 14.5 Å². The molecule has 1 atom stereocenters. The fourth-order valence-electron chi connectivity index (χ4n) is 3.68. The van der Waals surface area contributed by atoms with Crippen molar-refractivity contribution in [2.75, 3.05) is 13.1 Å². The van der Waals surface area contributed by atoms with Crippen molar-refractivity contribution in [3.8, 4) is 0 Å². The Balaban J connectivity index is 1.71. The number of nitrogens with zero attached hydrogens (tertiary/aromatic N) is 2. The maximum atomic E-state index is 13.1. The molecule has 0 fully saturated rings. The van der Waals surface area contributed by atoms with Gasteiger partial charge in [0.1, 0.15) is 10.9 Å². The van der Waals surface area contributed by atoms with E-state index in [0.29, 0.717) is 17.1 Å². The van der Waals surface area contributed by atoms with E-state index in [0.717, 1.165) is 4.31 Å². The van der Waals surface area contributed by atoms with Gasteiger partial charge in [-0.15, -0.1) is 0 Å². The Bertz CT molecular complexity index is 1170. The van der Waals surface area contributed by atoms with E-state index in [1.807, 2.05) is 0 Å². The van der Waals surface area contributed by atoms with Crippen LogP contribution in [0.25, 0.3) is 0 Å². The van der Waals surface area contributed by atoms with Gasteiger partial charge in [0.15, 0.2) is 0 Å². The normalized spacial score (nSPS) is 15.1. The maximum Gasteiger partial charge on any atom is 0.269 e. The van der Waals surface area contributed by atoms with Crippen LogP contribution < -0.4 is 5.32 Å². The van der Waals surface area contributed by atoms with E-state index in [-0.39, 0.29) is 48.2 Å². The summed E-state index contributed by atoms with van der Waals surface area (Å²) in [5.41, 5.74) is 0.824. The molecule has 1 heterocycles. The van der Waals surface area contributed by atoms with Crippen molar-refractivity contribution in [1.29, 1.82) is 0 Å². The molecule has 0 bridgehead atoms. The lowest BCUT2D eigenvalue weighted by Gasteiger charge is -2.29. The minimum absolute atomic E-state index is 0.0217. The first kappa shape index (κ1) is 24.7. The summed E-state index contributed by atoms with van der Waals surface area (Å²) in [6.45, 7) is 3.84. The molecule has 0 unspecified atom stereocenters. The first-order chi connectivity index (χ1) is 15.7. The number of carbonyl (C=O) groups excluding carboxylic acids is 3. The van der Waals surface area contributed by atoms with E-state index in [1.54, 1.807) is 50.2 Å². The van der Waals surface area contributed by atoms with Gasteiger partial charge in [-0.3, -0.25) is 14.4 Å². The molecule has 0 aliphatic carbocycles. The van der Waals surface area contributed by atoms with E-state index >= 15 is 0 Å². The van der Waals surface area contributed by atoms with Gasteiger partial charge in [0.05, 0.1) is 5.56 Å². The largest absolute Gasteiger partial charge is 0.355 e. The highest BCUT2D eigenvalue weighted by atomic mass is 35.5. The second kappa shape index (κ2) is 10.4. The molecule has 1 aliphatic rings. The number of rotatable bonds is 9. The molecule has 10 heteroatoms. The van der Waals surface area contributed by atoms with Gasteiger partial charge in [0.2, 0.25) is 11.8 Å². The van der Waals surface area contributed by atoms with Crippen LogP contribution in [-0.4, -0.2) is 54.5 Å². The lowest BCUT2D eigenvalue weighted by Crippen LogP contribution is -2.47. The van der Waals surface area contributed by atoms with Crippen molar-refractivity contribution in [3.63, 3.8) is 0 Å². The first-order valence-electron chi connectivity index (χ1n) is 10.6. The number of likely N-dealkylation sites (N-methyl/N-ethyl adjacent to an activating group) is 1. The van der Waals surface area contributed by atoms with Crippen LogP contribution in [0.1, 0.15) is 42.6 Å². The smallest absolute Gasteiger partial charge is 0.269 e. The lowest BCUT2D eigenvalue weighted by molar-refractivity contribution is -0.140. The molecule has 176 valence electrons. The highest BCUT2D eigenvalue weighted by Crippen LogP contribution is 2.30. The number of sulfonamides is 1. The third kappa shape index (κ3) is 5.20. The molecule has 8 nitrogen and oxygen atoms in total. The Morgan fingerprint density at radius 2 is 1.79 bits per heavy atom. The number of amides is 3. The molecule has 0 aromatic heterocycles. The van der Waals surface area contributed by atoms with Crippen molar-refractivity contribution in [2.45, 2.75) is 44.2 Å². The lowest BCUT2D eigenvalue weighted by atomic mass is 10.1. The van der Waals surface area contributed by atoms with Gasteiger partial charge in [-0.25, -0.2) is 12.7 Å². The average molecular weight is 492 g/mol. The highest BCUT2D eigenvalue weighted by Gasteiger charge is 2.40. The van der Waals surface area contributed by atoms with E-state index in [1.165, 1.54) is 17.0 Å². The van der Waals surface area contributed by atoms with E-state index < -0.39 is 22.0 Å². The van der Waals surface area contributed by atoms with Gasteiger partial charge in [0, 0.05) is 31.1 Å². The molecule has 1 aliphatic heterocycles. The number of nitrogens with one attached hydrogen (secondary N) is 1. The number of carbonyl (C=O) groups is 3. The van der Waals surface area contributed by atoms with Crippen molar-refractivity contribution in [3.05, 3.63) is 64.7 Å². The zero-order valence-electron chi connectivity index (χ0n) is 18.5. The van der Waals surface area contributed by atoms with Gasteiger partial charge in [0.25, 0.3) is 15.9 Å². The molecule has 0 radical (unpaired) electrons. The van der Waals surface area contributed by atoms with Crippen molar-refractivity contribution >= 4 is 39.3 Å². The molecule has 2 aromatic rings. The SMILES string of the molecule is CCNC(=O)[C@@H](C)N(Cc1ccccc1Cl)C(=O)CCCN1C(=O)c2ccccc2S1(=O)=O. The molecular formula is C23H26ClN3O5S. The second-order valence-electron chi connectivity index (χ2n) is 7.67. The Labute approximate surface area is 198 Å². The molecule has 1 N–H and O–H groups in total. The Morgan fingerprint density at radius 3 is 2.45 bits per heavy atom. The molecule has 3 amide bonds.